The normalized spacial score (nSPS) is 11.4. The van der Waals surface area contributed by atoms with Crippen molar-refractivity contribution in [2.45, 2.75) is 26.2 Å². The van der Waals surface area contributed by atoms with Gasteiger partial charge in [0, 0.05) is 23.7 Å². The van der Waals surface area contributed by atoms with E-state index in [-0.39, 0.29) is 18.1 Å². The molecule has 0 aliphatic heterocycles. The number of nitrogens with one attached hydrogen (secondary N) is 1. The van der Waals surface area contributed by atoms with Crippen molar-refractivity contribution in [1.82, 2.24) is 25.1 Å². The predicted molar refractivity (Wildman–Crippen MR) is 90.7 cm³/mol. The van der Waals surface area contributed by atoms with Crippen LogP contribution in [-0.2, 0) is 19.3 Å². The van der Waals surface area contributed by atoms with Crippen LogP contribution in [0.15, 0.2) is 48.8 Å². The summed E-state index contributed by atoms with van der Waals surface area (Å²) in [6.45, 7) is 1.75. The van der Waals surface area contributed by atoms with Crippen LogP contribution in [0.5, 0.6) is 0 Å². The average Bonchev–Trinajstić information content (AvgIpc) is 3.11. The highest BCUT2D eigenvalue weighted by molar-refractivity contribution is 5.94. The van der Waals surface area contributed by atoms with Crippen molar-refractivity contribution in [2.24, 2.45) is 0 Å². The van der Waals surface area contributed by atoms with E-state index in [1.165, 1.54) is 6.92 Å². The first kappa shape index (κ1) is 18.6. The van der Waals surface area contributed by atoms with Crippen molar-refractivity contribution < 1.29 is 18.0 Å². The molecule has 0 spiro atoms. The highest BCUT2D eigenvalue weighted by Gasteiger charge is 2.33. The second-order valence-electron chi connectivity index (χ2n) is 5.90. The number of amides is 1. The Hall–Kier alpha value is -3.23. The lowest BCUT2D eigenvalue weighted by molar-refractivity contribution is -0.141. The molecule has 1 N–H and O–H groups in total. The van der Waals surface area contributed by atoms with E-state index in [1.54, 1.807) is 41.3 Å². The summed E-state index contributed by atoms with van der Waals surface area (Å²) in [6, 6.07) is 9.59. The second-order valence-corrected chi connectivity index (χ2v) is 5.90. The number of carbonyl (C=O) groups is 1. The Morgan fingerprint density at radius 2 is 2.00 bits per heavy atom. The maximum Gasteiger partial charge on any atom is 0.433 e. The van der Waals surface area contributed by atoms with Crippen LogP contribution in [0.3, 0.4) is 0 Å². The number of hydrogen-bond acceptors (Lipinski definition) is 4. The van der Waals surface area contributed by atoms with Gasteiger partial charge in [0.15, 0.2) is 0 Å². The van der Waals surface area contributed by atoms with Crippen LogP contribution in [-0.4, -0.2) is 25.7 Å². The summed E-state index contributed by atoms with van der Waals surface area (Å²) in [5.74, 6) is -0.514. The van der Waals surface area contributed by atoms with E-state index in [4.69, 9.17) is 0 Å². The molecule has 1 amide bonds. The maximum absolute atomic E-state index is 12.8. The minimum absolute atomic E-state index is 0.0941. The number of aromatic nitrogens is 4. The van der Waals surface area contributed by atoms with Gasteiger partial charge in [-0.2, -0.15) is 18.3 Å². The van der Waals surface area contributed by atoms with Gasteiger partial charge in [0.05, 0.1) is 13.1 Å². The standard InChI is InChI=1S/C18H16F3N5O/c1-12-8-15(18(19,20)21)25-16(24-12)10-22-17(27)14-5-2-4-13(9-14)11-26-7-3-6-23-26/h2-9H,10-11H2,1H3,(H,22,27). The number of rotatable bonds is 5. The first-order valence-electron chi connectivity index (χ1n) is 8.07. The molecule has 140 valence electrons. The van der Waals surface area contributed by atoms with Gasteiger partial charge in [-0.25, -0.2) is 9.97 Å². The Labute approximate surface area is 153 Å². The third-order valence-corrected chi connectivity index (χ3v) is 3.69. The molecule has 1 aromatic carbocycles. The van der Waals surface area contributed by atoms with E-state index in [0.29, 0.717) is 12.1 Å². The third kappa shape index (κ3) is 4.90. The third-order valence-electron chi connectivity index (χ3n) is 3.69. The lowest BCUT2D eigenvalue weighted by atomic mass is 10.1. The molecule has 0 aliphatic rings. The minimum Gasteiger partial charge on any atom is -0.345 e. The van der Waals surface area contributed by atoms with Crippen LogP contribution in [0.2, 0.25) is 0 Å². The molecule has 0 fully saturated rings. The topological polar surface area (TPSA) is 72.7 Å². The SMILES string of the molecule is Cc1cc(C(F)(F)F)nc(CNC(=O)c2cccc(Cn3cccn3)c2)n1. The smallest absolute Gasteiger partial charge is 0.345 e. The Kier molecular flexibility index (Phi) is 5.20. The van der Waals surface area contributed by atoms with E-state index in [9.17, 15) is 18.0 Å². The summed E-state index contributed by atoms with van der Waals surface area (Å²) in [6.07, 6.45) is -1.10. The highest BCUT2D eigenvalue weighted by Crippen LogP contribution is 2.27. The van der Waals surface area contributed by atoms with Gasteiger partial charge in [-0.05, 0) is 36.8 Å². The first-order valence-corrected chi connectivity index (χ1v) is 8.07. The Balaban J connectivity index is 1.68. The van der Waals surface area contributed by atoms with E-state index >= 15 is 0 Å². The molecule has 6 nitrogen and oxygen atoms in total. The van der Waals surface area contributed by atoms with E-state index in [0.717, 1.165) is 11.6 Å². The molecule has 0 atom stereocenters. The molecule has 9 heteroatoms. The van der Waals surface area contributed by atoms with Crippen molar-refractivity contribution >= 4 is 5.91 Å². The molecule has 3 aromatic rings. The van der Waals surface area contributed by atoms with Crippen LogP contribution in [0.25, 0.3) is 0 Å². The largest absolute Gasteiger partial charge is 0.433 e. The van der Waals surface area contributed by atoms with E-state index in [1.807, 2.05) is 6.07 Å². The van der Waals surface area contributed by atoms with Gasteiger partial charge in [-0.1, -0.05) is 12.1 Å². The summed E-state index contributed by atoms with van der Waals surface area (Å²) in [4.78, 5) is 19.7. The van der Waals surface area contributed by atoms with Crippen molar-refractivity contribution in [3.63, 3.8) is 0 Å². The lowest BCUT2D eigenvalue weighted by Crippen LogP contribution is -2.25. The van der Waals surface area contributed by atoms with Gasteiger partial charge in [-0.3, -0.25) is 9.48 Å². The molecule has 27 heavy (non-hydrogen) atoms. The number of alkyl halides is 3. The Morgan fingerprint density at radius 3 is 2.70 bits per heavy atom. The number of benzene rings is 1. The molecular formula is C18H16F3N5O. The minimum atomic E-state index is -4.56. The molecular weight excluding hydrogens is 359 g/mol. The van der Waals surface area contributed by atoms with Crippen LogP contribution in [0.1, 0.15) is 33.1 Å². The van der Waals surface area contributed by atoms with Crippen LogP contribution < -0.4 is 5.32 Å². The molecule has 2 aromatic heterocycles. The fourth-order valence-corrected chi connectivity index (χ4v) is 2.51. The fraction of sp³-hybridized carbons (Fsp3) is 0.222. The zero-order valence-corrected chi connectivity index (χ0v) is 14.4. The molecule has 0 aliphatic carbocycles. The Morgan fingerprint density at radius 1 is 1.19 bits per heavy atom. The van der Waals surface area contributed by atoms with Gasteiger partial charge in [0.2, 0.25) is 0 Å². The summed E-state index contributed by atoms with van der Waals surface area (Å²) in [5, 5.41) is 6.66. The molecule has 3 rings (SSSR count). The monoisotopic (exact) mass is 375 g/mol. The average molecular weight is 375 g/mol. The first-order chi connectivity index (χ1) is 12.8. The van der Waals surface area contributed by atoms with E-state index < -0.39 is 17.8 Å². The number of hydrogen-bond donors (Lipinski definition) is 1. The van der Waals surface area contributed by atoms with Crippen molar-refractivity contribution in [3.8, 4) is 0 Å². The number of carbonyl (C=O) groups excluding carboxylic acids is 1. The number of halogens is 3. The molecule has 0 saturated heterocycles. The van der Waals surface area contributed by atoms with Gasteiger partial charge in [0.25, 0.3) is 5.91 Å². The van der Waals surface area contributed by atoms with Crippen molar-refractivity contribution in [2.75, 3.05) is 0 Å². The molecule has 0 saturated carbocycles. The molecule has 0 unspecified atom stereocenters. The Bertz CT molecular complexity index is 938. The maximum atomic E-state index is 12.8. The molecule has 0 bridgehead atoms. The predicted octanol–water partition coefficient (Wildman–Crippen LogP) is 2.98. The molecule has 0 radical (unpaired) electrons. The van der Waals surface area contributed by atoms with E-state index in [2.05, 4.69) is 20.4 Å². The summed E-state index contributed by atoms with van der Waals surface area (Å²) < 4.78 is 40.2. The van der Waals surface area contributed by atoms with Gasteiger partial charge in [-0.15, -0.1) is 0 Å². The van der Waals surface area contributed by atoms with Crippen LogP contribution >= 0.6 is 0 Å². The summed E-state index contributed by atoms with van der Waals surface area (Å²) >= 11 is 0. The number of aryl methyl sites for hydroxylation is 1. The highest BCUT2D eigenvalue weighted by atomic mass is 19.4. The van der Waals surface area contributed by atoms with Gasteiger partial charge < -0.3 is 5.32 Å². The van der Waals surface area contributed by atoms with Crippen molar-refractivity contribution in [3.05, 3.63) is 77.1 Å². The molecule has 2 heterocycles. The lowest BCUT2D eigenvalue weighted by Gasteiger charge is -2.10. The quantitative estimate of drug-likeness (QED) is 0.744. The summed E-state index contributed by atoms with van der Waals surface area (Å²) in [5.41, 5.74) is 0.420. The zero-order valence-electron chi connectivity index (χ0n) is 14.4. The van der Waals surface area contributed by atoms with Gasteiger partial charge in [0.1, 0.15) is 11.5 Å². The second kappa shape index (κ2) is 7.56. The zero-order chi connectivity index (χ0) is 19.4. The van der Waals surface area contributed by atoms with Crippen LogP contribution in [0.4, 0.5) is 13.2 Å². The summed E-state index contributed by atoms with van der Waals surface area (Å²) in [7, 11) is 0. The van der Waals surface area contributed by atoms with Gasteiger partial charge >= 0.3 is 6.18 Å². The van der Waals surface area contributed by atoms with Crippen molar-refractivity contribution in [1.29, 1.82) is 0 Å². The fourth-order valence-electron chi connectivity index (χ4n) is 2.51. The van der Waals surface area contributed by atoms with Crippen LogP contribution in [0, 0.1) is 6.92 Å². The number of nitrogens with zero attached hydrogens (tertiary/aromatic N) is 4.